The Morgan fingerprint density at radius 1 is 1.50 bits per heavy atom. The number of hydrogen-bond acceptors (Lipinski definition) is 3. The average molecular weight is 267 g/mol. The van der Waals surface area contributed by atoms with Gasteiger partial charge in [-0.15, -0.1) is 12.6 Å². The monoisotopic (exact) mass is 267 g/mol. The fourth-order valence-corrected chi connectivity index (χ4v) is 2.02. The lowest BCUT2D eigenvalue weighted by molar-refractivity contribution is 0.0942. The molecule has 1 unspecified atom stereocenters. The van der Waals surface area contributed by atoms with Gasteiger partial charge in [0.2, 0.25) is 0 Å². The van der Waals surface area contributed by atoms with Crippen molar-refractivity contribution in [2.45, 2.75) is 31.6 Å². The summed E-state index contributed by atoms with van der Waals surface area (Å²) in [5.74, 6) is 0.262. The first kappa shape index (κ1) is 15.1. The summed E-state index contributed by atoms with van der Waals surface area (Å²) in [7, 11) is 0. The van der Waals surface area contributed by atoms with Crippen molar-refractivity contribution in [2.24, 2.45) is 5.92 Å². The van der Waals surface area contributed by atoms with Gasteiger partial charge in [-0.1, -0.05) is 19.4 Å². The Bertz CT molecular complexity index is 407. The molecular weight excluding hydrogens is 246 g/mol. The zero-order valence-corrected chi connectivity index (χ0v) is 11.8. The van der Waals surface area contributed by atoms with Gasteiger partial charge in [0.1, 0.15) is 0 Å². The molecule has 0 spiro atoms. The first-order valence-electron chi connectivity index (χ1n) is 6.27. The van der Waals surface area contributed by atoms with E-state index in [2.05, 4.69) is 24.9 Å². The smallest absolute Gasteiger partial charge is 0.251 e. The third-order valence-electron chi connectivity index (χ3n) is 3.13. The van der Waals surface area contributed by atoms with E-state index in [1.165, 1.54) is 0 Å². The number of thiol groups is 1. The average Bonchev–Trinajstić information content (AvgIpc) is 2.37. The third kappa shape index (κ3) is 4.35. The largest absolute Gasteiger partial charge is 0.396 e. The minimum atomic E-state index is -0.0696. The highest BCUT2D eigenvalue weighted by Gasteiger charge is 2.11. The summed E-state index contributed by atoms with van der Waals surface area (Å²) in [6.45, 7) is 4.74. The Balaban J connectivity index is 2.62. The summed E-state index contributed by atoms with van der Waals surface area (Å²) >= 11 is 4.24. The van der Waals surface area contributed by atoms with Crippen molar-refractivity contribution in [1.29, 1.82) is 0 Å². The fraction of sp³-hybridized carbons (Fsp3) is 0.500. The van der Waals surface area contributed by atoms with Crippen LogP contribution in [0.1, 0.15) is 35.7 Å². The second-order valence-corrected chi connectivity index (χ2v) is 5.01. The van der Waals surface area contributed by atoms with Gasteiger partial charge in [0.25, 0.3) is 5.91 Å². The number of carbonyl (C=O) groups is 1. The van der Waals surface area contributed by atoms with Crippen LogP contribution in [0.4, 0.5) is 0 Å². The molecule has 0 fully saturated rings. The summed E-state index contributed by atoms with van der Waals surface area (Å²) < 4.78 is 0. The molecule has 0 bridgehead atoms. The summed E-state index contributed by atoms with van der Waals surface area (Å²) in [4.78, 5) is 12.8. The van der Waals surface area contributed by atoms with Crippen molar-refractivity contribution in [3.05, 3.63) is 29.3 Å². The van der Waals surface area contributed by atoms with Gasteiger partial charge in [0.05, 0.1) is 0 Å². The standard InChI is InChI=1S/C14H21NO2S/c1-3-11(6-7-16)9-15-14(17)13-8-12(18)5-4-10(13)2/h4-5,8,11,16,18H,3,6-7,9H2,1-2H3,(H,15,17). The SMILES string of the molecule is CCC(CCO)CNC(=O)c1cc(S)ccc1C. The second-order valence-electron chi connectivity index (χ2n) is 4.50. The number of benzene rings is 1. The van der Waals surface area contributed by atoms with Gasteiger partial charge in [-0.2, -0.15) is 0 Å². The van der Waals surface area contributed by atoms with E-state index in [9.17, 15) is 4.79 Å². The van der Waals surface area contributed by atoms with Crippen LogP contribution in [0, 0.1) is 12.8 Å². The molecule has 4 heteroatoms. The van der Waals surface area contributed by atoms with Crippen LogP contribution in [0.5, 0.6) is 0 Å². The molecule has 1 aromatic rings. The maximum atomic E-state index is 12.0. The molecule has 0 heterocycles. The van der Waals surface area contributed by atoms with Crippen molar-refractivity contribution in [2.75, 3.05) is 13.2 Å². The molecule has 18 heavy (non-hydrogen) atoms. The van der Waals surface area contributed by atoms with E-state index < -0.39 is 0 Å². The zero-order chi connectivity index (χ0) is 13.5. The highest BCUT2D eigenvalue weighted by Crippen LogP contribution is 2.14. The Kier molecular flexibility index (Phi) is 6.22. The lowest BCUT2D eigenvalue weighted by Gasteiger charge is -2.15. The van der Waals surface area contributed by atoms with E-state index in [0.717, 1.165) is 23.3 Å². The molecular formula is C14H21NO2S. The normalized spacial score (nSPS) is 12.2. The molecule has 0 aliphatic carbocycles. The molecule has 0 aliphatic heterocycles. The number of rotatable bonds is 6. The van der Waals surface area contributed by atoms with Crippen molar-refractivity contribution >= 4 is 18.5 Å². The van der Waals surface area contributed by atoms with Gasteiger partial charge >= 0.3 is 0 Å². The first-order valence-corrected chi connectivity index (χ1v) is 6.71. The molecule has 0 aliphatic rings. The third-order valence-corrected chi connectivity index (χ3v) is 3.41. The molecule has 0 aromatic heterocycles. The van der Waals surface area contributed by atoms with Gasteiger partial charge in [0, 0.05) is 23.6 Å². The molecule has 1 rings (SSSR count). The molecule has 1 aromatic carbocycles. The van der Waals surface area contributed by atoms with Crippen LogP contribution in [0.25, 0.3) is 0 Å². The Hall–Kier alpha value is -1.00. The van der Waals surface area contributed by atoms with Crippen LogP contribution < -0.4 is 5.32 Å². The van der Waals surface area contributed by atoms with Crippen LogP contribution in [-0.2, 0) is 0 Å². The first-order chi connectivity index (χ1) is 8.58. The van der Waals surface area contributed by atoms with Gasteiger partial charge in [0.15, 0.2) is 0 Å². The van der Waals surface area contributed by atoms with Crippen LogP contribution in [0.3, 0.4) is 0 Å². The van der Waals surface area contributed by atoms with E-state index in [4.69, 9.17) is 5.11 Å². The predicted octanol–water partition coefficient (Wildman–Crippen LogP) is 2.42. The highest BCUT2D eigenvalue weighted by molar-refractivity contribution is 7.80. The van der Waals surface area contributed by atoms with Gasteiger partial charge in [-0.05, 0) is 37.0 Å². The van der Waals surface area contributed by atoms with Crippen molar-refractivity contribution in [3.8, 4) is 0 Å². The lowest BCUT2D eigenvalue weighted by Crippen LogP contribution is -2.30. The minimum absolute atomic E-state index is 0.0696. The number of aliphatic hydroxyl groups excluding tert-OH is 1. The molecule has 0 radical (unpaired) electrons. The van der Waals surface area contributed by atoms with Gasteiger partial charge in [-0.3, -0.25) is 4.79 Å². The quantitative estimate of drug-likeness (QED) is 0.693. The van der Waals surface area contributed by atoms with E-state index in [1.54, 1.807) is 6.07 Å². The van der Waals surface area contributed by atoms with E-state index in [0.29, 0.717) is 18.0 Å². The maximum absolute atomic E-state index is 12.0. The number of amides is 1. The topological polar surface area (TPSA) is 49.3 Å². The second kappa shape index (κ2) is 7.44. The van der Waals surface area contributed by atoms with E-state index in [1.807, 2.05) is 19.1 Å². The Labute approximate surface area is 114 Å². The molecule has 1 atom stereocenters. The number of aryl methyl sites for hydroxylation is 1. The summed E-state index contributed by atoms with van der Waals surface area (Å²) in [5, 5.41) is 11.8. The van der Waals surface area contributed by atoms with Crippen molar-refractivity contribution < 1.29 is 9.90 Å². The lowest BCUT2D eigenvalue weighted by atomic mass is 10.0. The predicted molar refractivity (Wildman–Crippen MR) is 76.2 cm³/mol. The van der Waals surface area contributed by atoms with Gasteiger partial charge < -0.3 is 10.4 Å². The summed E-state index contributed by atoms with van der Waals surface area (Å²) in [6.07, 6.45) is 1.68. The molecule has 0 saturated heterocycles. The van der Waals surface area contributed by atoms with Crippen LogP contribution in [-0.4, -0.2) is 24.2 Å². The van der Waals surface area contributed by atoms with E-state index >= 15 is 0 Å². The van der Waals surface area contributed by atoms with E-state index in [-0.39, 0.29) is 12.5 Å². The molecule has 0 saturated carbocycles. The Morgan fingerprint density at radius 2 is 2.22 bits per heavy atom. The molecule has 2 N–H and O–H groups in total. The van der Waals surface area contributed by atoms with Crippen LogP contribution in [0.2, 0.25) is 0 Å². The fourth-order valence-electron chi connectivity index (χ4n) is 1.82. The van der Waals surface area contributed by atoms with Gasteiger partial charge in [-0.25, -0.2) is 0 Å². The summed E-state index contributed by atoms with van der Waals surface area (Å²) in [6, 6.07) is 5.54. The van der Waals surface area contributed by atoms with Crippen molar-refractivity contribution in [1.82, 2.24) is 5.32 Å². The number of carbonyl (C=O) groups excluding carboxylic acids is 1. The van der Waals surface area contributed by atoms with Crippen LogP contribution in [0.15, 0.2) is 23.1 Å². The zero-order valence-electron chi connectivity index (χ0n) is 10.9. The maximum Gasteiger partial charge on any atom is 0.251 e. The number of nitrogens with one attached hydrogen (secondary N) is 1. The number of aliphatic hydroxyl groups is 1. The summed E-state index contributed by atoms with van der Waals surface area (Å²) in [5.41, 5.74) is 1.61. The number of hydrogen-bond donors (Lipinski definition) is 3. The highest BCUT2D eigenvalue weighted by atomic mass is 32.1. The van der Waals surface area contributed by atoms with Crippen molar-refractivity contribution in [3.63, 3.8) is 0 Å². The molecule has 3 nitrogen and oxygen atoms in total. The van der Waals surface area contributed by atoms with Crippen LogP contribution >= 0.6 is 12.6 Å². The molecule has 1 amide bonds. The molecule has 100 valence electrons. The Morgan fingerprint density at radius 3 is 2.83 bits per heavy atom. The minimum Gasteiger partial charge on any atom is -0.396 e.